The van der Waals surface area contributed by atoms with Crippen LogP contribution in [0.1, 0.15) is 127 Å². The molecular weight excluding hydrogens is 348 g/mol. The van der Waals surface area contributed by atoms with Crippen molar-refractivity contribution in [3.8, 4) is 5.75 Å². The van der Waals surface area contributed by atoms with E-state index in [4.69, 9.17) is 4.74 Å². The Labute approximate surface area is 174 Å². The van der Waals surface area contributed by atoms with Gasteiger partial charge in [0.25, 0.3) is 0 Å². The summed E-state index contributed by atoms with van der Waals surface area (Å²) in [6.45, 7) is 5.32. The molecule has 158 valence electrons. The molecule has 2 heteroatoms. The van der Waals surface area contributed by atoms with Crippen molar-refractivity contribution in [2.45, 2.75) is 129 Å². The molecule has 0 radical (unpaired) electrons. The maximum atomic E-state index is 5.82. The van der Waals surface area contributed by atoms with Gasteiger partial charge in [-0.1, -0.05) is 116 Å². The van der Waals surface area contributed by atoms with Gasteiger partial charge in [0.2, 0.25) is 0 Å². The first-order valence-corrected chi connectivity index (χ1v) is 12.9. The zero-order valence-electron chi connectivity index (χ0n) is 18.4. The van der Waals surface area contributed by atoms with Crippen molar-refractivity contribution in [2.75, 3.05) is 6.61 Å². The van der Waals surface area contributed by atoms with Crippen LogP contribution >= 0.6 is 11.3 Å². The van der Waals surface area contributed by atoms with E-state index in [0.717, 1.165) is 12.4 Å². The first kappa shape index (κ1) is 24.5. The third-order valence-corrected chi connectivity index (χ3v) is 6.39. The smallest absolute Gasteiger partial charge is 0.132 e. The number of hydrogen-bond acceptors (Lipinski definition) is 2. The second kappa shape index (κ2) is 18.8. The predicted octanol–water partition coefficient (Wildman–Crippen LogP) is 9.48. The van der Waals surface area contributed by atoms with Crippen LogP contribution in [0.3, 0.4) is 0 Å². The summed E-state index contributed by atoms with van der Waals surface area (Å²) in [5.74, 6) is 1.09. The van der Waals surface area contributed by atoms with Crippen LogP contribution in [0.15, 0.2) is 11.4 Å². The van der Waals surface area contributed by atoms with Crippen LogP contribution in [0.25, 0.3) is 0 Å². The molecule has 0 aliphatic rings. The predicted molar refractivity (Wildman–Crippen MR) is 123 cm³/mol. The van der Waals surface area contributed by atoms with E-state index < -0.39 is 0 Å². The fourth-order valence-electron chi connectivity index (χ4n) is 3.71. The Morgan fingerprint density at radius 3 is 1.41 bits per heavy atom. The second-order valence-corrected chi connectivity index (χ2v) is 9.32. The monoisotopic (exact) mass is 394 g/mol. The van der Waals surface area contributed by atoms with Crippen LogP contribution < -0.4 is 4.74 Å². The zero-order chi connectivity index (χ0) is 19.4. The van der Waals surface area contributed by atoms with Gasteiger partial charge in [-0.15, -0.1) is 11.3 Å². The quantitative estimate of drug-likeness (QED) is 0.200. The molecule has 1 aromatic heterocycles. The Morgan fingerprint density at radius 2 is 1.04 bits per heavy atom. The number of unbranched alkanes of at least 4 members (excludes halogenated alkanes) is 17. The van der Waals surface area contributed by atoms with Crippen molar-refractivity contribution in [1.82, 2.24) is 0 Å². The van der Waals surface area contributed by atoms with Crippen molar-refractivity contribution in [3.05, 3.63) is 16.3 Å². The van der Waals surface area contributed by atoms with Gasteiger partial charge in [0.1, 0.15) is 5.75 Å². The Hall–Kier alpha value is -0.500. The molecule has 1 heterocycles. The highest BCUT2D eigenvalue weighted by Gasteiger charge is 1.99. The SMILES string of the molecule is CCCCCCCCCCCCCCCCCCCCOc1ccsc1C. The molecule has 0 N–H and O–H groups in total. The third kappa shape index (κ3) is 15.1. The Balaban J connectivity index is 1.68. The summed E-state index contributed by atoms with van der Waals surface area (Å²) in [7, 11) is 0. The van der Waals surface area contributed by atoms with E-state index in [1.54, 1.807) is 11.3 Å². The Morgan fingerprint density at radius 1 is 0.630 bits per heavy atom. The fourth-order valence-corrected chi connectivity index (χ4v) is 4.35. The standard InChI is InChI=1S/C25H46OS/c1-3-4-5-6-7-8-9-10-11-12-13-14-15-16-17-18-19-20-22-26-25-21-23-27-24(25)2/h21,23H,3-20,22H2,1-2H3. The molecule has 0 aromatic carbocycles. The zero-order valence-corrected chi connectivity index (χ0v) is 19.2. The lowest BCUT2D eigenvalue weighted by Gasteiger charge is -2.05. The Bertz CT molecular complexity index is 412. The lowest BCUT2D eigenvalue weighted by atomic mass is 10.0. The molecule has 0 bridgehead atoms. The summed E-state index contributed by atoms with van der Waals surface area (Å²) in [6.07, 6.45) is 25.7. The van der Waals surface area contributed by atoms with Crippen LogP contribution in [0.5, 0.6) is 5.75 Å². The summed E-state index contributed by atoms with van der Waals surface area (Å²) in [5, 5.41) is 2.11. The molecule has 0 fully saturated rings. The molecule has 0 saturated carbocycles. The van der Waals surface area contributed by atoms with Crippen molar-refractivity contribution in [1.29, 1.82) is 0 Å². The van der Waals surface area contributed by atoms with Crippen molar-refractivity contribution >= 4 is 11.3 Å². The average Bonchev–Trinajstić information content (AvgIpc) is 3.08. The fraction of sp³-hybridized carbons (Fsp3) is 0.840. The van der Waals surface area contributed by atoms with Crippen LogP contribution in [-0.2, 0) is 0 Å². The maximum Gasteiger partial charge on any atom is 0.132 e. The van der Waals surface area contributed by atoms with Gasteiger partial charge in [0, 0.05) is 4.88 Å². The van der Waals surface area contributed by atoms with E-state index in [2.05, 4.69) is 25.3 Å². The minimum absolute atomic E-state index is 0.885. The molecule has 1 nitrogen and oxygen atoms in total. The number of thiophene rings is 1. The molecule has 1 rings (SSSR count). The van der Waals surface area contributed by atoms with Gasteiger partial charge < -0.3 is 4.74 Å². The number of ether oxygens (including phenoxy) is 1. The van der Waals surface area contributed by atoms with E-state index in [-0.39, 0.29) is 0 Å². The summed E-state index contributed by atoms with van der Waals surface area (Å²) in [6, 6.07) is 2.09. The molecular formula is C25H46OS. The molecule has 1 aromatic rings. The summed E-state index contributed by atoms with van der Waals surface area (Å²) in [4.78, 5) is 1.30. The van der Waals surface area contributed by atoms with Crippen LogP contribution in [-0.4, -0.2) is 6.61 Å². The topological polar surface area (TPSA) is 9.23 Å². The maximum absolute atomic E-state index is 5.82. The van der Waals surface area contributed by atoms with Crippen molar-refractivity contribution in [2.24, 2.45) is 0 Å². The van der Waals surface area contributed by atoms with E-state index in [9.17, 15) is 0 Å². The van der Waals surface area contributed by atoms with Crippen LogP contribution in [0.4, 0.5) is 0 Å². The summed E-state index contributed by atoms with van der Waals surface area (Å²) in [5.41, 5.74) is 0. The van der Waals surface area contributed by atoms with E-state index in [1.165, 1.54) is 120 Å². The summed E-state index contributed by atoms with van der Waals surface area (Å²) < 4.78 is 5.82. The largest absolute Gasteiger partial charge is 0.492 e. The normalized spacial score (nSPS) is 11.2. The first-order chi connectivity index (χ1) is 13.3. The van der Waals surface area contributed by atoms with E-state index >= 15 is 0 Å². The molecule has 0 aliphatic carbocycles. The molecule has 0 aliphatic heterocycles. The van der Waals surface area contributed by atoms with Crippen LogP contribution in [0.2, 0.25) is 0 Å². The first-order valence-electron chi connectivity index (χ1n) is 12.0. The van der Waals surface area contributed by atoms with Gasteiger partial charge in [-0.05, 0) is 24.8 Å². The van der Waals surface area contributed by atoms with E-state index in [0.29, 0.717) is 0 Å². The highest BCUT2D eigenvalue weighted by Crippen LogP contribution is 2.23. The van der Waals surface area contributed by atoms with Gasteiger partial charge in [0.15, 0.2) is 0 Å². The number of hydrogen-bond donors (Lipinski definition) is 0. The van der Waals surface area contributed by atoms with Gasteiger partial charge in [-0.25, -0.2) is 0 Å². The highest BCUT2D eigenvalue weighted by molar-refractivity contribution is 7.10. The van der Waals surface area contributed by atoms with Gasteiger partial charge in [-0.2, -0.15) is 0 Å². The van der Waals surface area contributed by atoms with Crippen LogP contribution in [0, 0.1) is 6.92 Å². The third-order valence-electron chi connectivity index (χ3n) is 5.57. The average molecular weight is 395 g/mol. The van der Waals surface area contributed by atoms with Gasteiger partial charge in [0.05, 0.1) is 6.61 Å². The lowest BCUT2D eigenvalue weighted by molar-refractivity contribution is 0.304. The lowest BCUT2D eigenvalue weighted by Crippen LogP contribution is -1.97. The minimum atomic E-state index is 0.885. The van der Waals surface area contributed by atoms with Gasteiger partial charge >= 0.3 is 0 Å². The van der Waals surface area contributed by atoms with Gasteiger partial charge in [-0.3, -0.25) is 0 Å². The number of aryl methyl sites for hydroxylation is 1. The number of rotatable bonds is 20. The second-order valence-electron chi connectivity index (χ2n) is 8.20. The molecule has 0 amide bonds. The minimum Gasteiger partial charge on any atom is -0.492 e. The molecule has 27 heavy (non-hydrogen) atoms. The molecule has 0 spiro atoms. The van der Waals surface area contributed by atoms with E-state index in [1.807, 2.05) is 0 Å². The Kier molecular flexibility index (Phi) is 17.1. The van der Waals surface area contributed by atoms with Crippen molar-refractivity contribution in [3.63, 3.8) is 0 Å². The molecule has 0 unspecified atom stereocenters. The molecule has 0 saturated heterocycles. The molecule has 0 atom stereocenters. The van der Waals surface area contributed by atoms with Crippen molar-refractivity contribution < 1.29 is 4.74 Å². The highest BCUT2D eigenvalue weighted by atomic mass is 32.1. The summed E-state index contributed by atoms with van der Waals surface area (Å²) >= 11 is 1.77.